The lowest BCUT2D eigenvalue weighted by atomic mass is 9.87. The van der Waals surface area contributed by atoms with E-state index in [1.807, 2.05) is 0 Å². The van der Waals surface area contributed by atoms with E-state index in [-0.39, 0.29) is 28.6 Å². The number of hydrogen-bond donors (Lipinski definition) is 1. The summed E-state index contributed by atoms with van der Waals surface area (Å²) in [5, 5.41) is 4.10. The zero-order valence-electron chi connectivity index (χ0n) is 15.3. The Bertz CT molecular complexity index is 1040. The topological polar surface area (TPSA) is 76.9 Å². The number of sulfonamides is 1. The van der Waals surface area contributed by atoms with Gasteiger partial charge in [-0.1, -0.05) is 45.0 Å². The predicted octanol–water partition coefficient (Wildman–Crippen LogP) is 3.56. The van der Waals surface area contributed by atoms with Gasteiger partial charge < -0.3 is 0 Å². The summed E-state index contributed by atoms with van der Waals surface area (Å²) in [5.74, 6) is -0.376. The van der Waals surface area contributed by atoms with Crippen LogP contribution in [0.4, 0.5) is 10.3 Å². The molecular formula is C19H21FN4O2S. The van der Waals surface area contributed by atoms with Gasteiger partial charge in [-0.05, 0) is 40.8 Å². The molecule has 6 nitrogen and oxygen atoms in total. The first-order valence-corrected chi connectivity index (χ1v) is 9.89. The molecule has 27 heavy (non-hydrogen) atoms. The van der Waals surface area contributed by atoms with Gasteiger partial charge in [-0.15, -0.1) is 5.10 Å². The molecule has 0 radical (unpaired) electrons. The van der Waals surface area contributed by atoms with Crippen LogP contribution in [0.2, 0.25) is 0 Å². The second kappa shape index (κ2) is 7.11. The van der Waals surface area contributed by atoms with Gasteiger partial charge in [-0.25, -0.2) is 22.2 Å². The maximum absolute atomic E-state index is 13.3. The summed E-state index contributed by atoms with van der Waals surface area (Å²) in [5.41, 5.74) is 1.68. The molecule has 1 heterocycles. The highest BCUT2D eigenvalue weighted by atomic mass is 32.2. The van der Waals surface area contributed by atoms with Crippen LogP contribution in [0, 0.1) is 5.82 Å². The Labute approximate surface area is 158 Å². The van der Waals surface area contributed by atoms with Gasteiger partial charge in [0.15, 0.2) is 0 Å². The highest BCUT2D eigenvalue weighted by Gasteiger charge is 2.19. The van der Waals surface area contributed by atoms with Gasteiger partial charge in [-0.3, -0.25) is 0 Å². The maximum Gasteiger partial charge on any atom is 0.264 e. The molecule has 0 unspecified atom stereocenters. The van der Waals surface area contributed by atoms with Crippen molar-refractivity contribution in [3.63, 3.8) is 0 Å². The number of nitrogens with one attached hydrogen (secondary N) is 1. The number of halogens is 1. The molecule has 0 saturated carbocycles. The predicted molar refractivity (Wildman–Crippen MR) is 101 cm³/mol. The minimum Gasteiger partial charge on any atom is -0.246 e. The Hall–Kier alpha value is -2.74. The normalized spacial score (nSPS) is 12.1. The molecule has 2 aromatic carbocycles. The van der Waals surface area contributed by atoms with Crippen molar-refractivity contribution in [3.05, 3.63) is 71.8 Å². The van der Waals surface area contributed by atoms with Crippen LogP contribution < -0.4 is 4.72 Å². The van der Waals surface area contributed by atoms with E-state index in [0.29, 0.717) is 5.56 Å². The van der Waals surface area contributed by atoms with E-state index in [1.165, 1.54) is 23.1 Å². The Kier molecular flexibility index (Phi) is 5.01. The number of hydrogen-bond acceptors (Lipinski definition) is 4. The molecule has 8 heteroatoms. The van der Waals surface area contributed by atoms with E-state index in [4.69, 9.17) is 0 Å². The molecule has 0 aliphatic heterocycles. The highest BCUT2D eigenvalue weighted by Crippen LogP contribution is 2.24. The zero-order valence-corrected chi connectivity index (χ0v) is 16.2. The number of rotatable bonds is 5. The minimum absolute atomic E-state index is 0.0358. The molecule has 0 spiro atoms. The van der Waals surface area contributed by atoms with Gasteiger partial charge in [0.05, 0.1) is 11.4 Å². The summed E-state index contributed by atoms with van der Waals surface area (Å²) in [6.45, 7) is 6.46. The molecule has 1 N–H and O–H groups in total. The van der Waals surface area contributed by atoms with Crippen LogP contribution in [-0.2, 0) is 22.0 Å². The summed E-state index contributed by atoms with van der Waals surface area (Å²) in [7, 11) is -3.79. The number of nitrogens with zero attached hydrogens (tertiary/aromatic N) is 3. The van der Waals surface area contributed by atoms with E-state index in [9.17, 15) is 12.8 Å². The first kappa shape index (κ1) is 19.0. The molecular weight excluding hydrogens is 367 g/mol. The van der Waals surface area contributed by atoms with Gasteiger partial charge in [0.2, 0.25) is 0 Å². The molecule has 0 bridgehead atoms. The van der Waals surface area contributed by atoms with Crippen molar-refractivity contribution in [2.45, 2.75) is 37.6 Å². The lowest BCUT2D eigenvalue weighted by molar-refractivity contribution is 0.587. The Morgan fingerprint density at radius 2 is 1.81 bits per heavy atom. The Balaban J connectivity index is 1.74. The fourth-order valence-corrected chi connectivity index (χ4v) is 3.50. The van der Waals surface area contributed by atoms with Gasteiger partial charge in [0.1, 0.15) is 12.1 Å². The first-order valence-electron chi connectivity index (χ1n) is 8.41. The van der Waals surface area contributed by atoms with Crippen molar-refractivity contribution in [1.29, 1.82) is 0 Å². The number of benzene rings is 2. The van der Waals surface area contributed by atoms with Crippen molar-refractivity contribution in [2.75, 3.05) is 4.72 Å². The molecule has 1 aromatic heterocycles. The van der Waals surface area contributed by atoms with Crippen LogP contribution >= 0.6 is 0 Å². The van der Waals surface area contributed by atoms with Crippen LogP contribution in [0.3, 0.4) is 0 Å². The molecule has 0 aliphatic rings. The summed E-state index contributed by atoms with van der Waals surface area (Å²) in [6, 6.07) is 12.8. The fourth-order valence-electron chi connectivity index (χ4n) is 2.55. The number of anilines is 1. The van der Waals surface area contributed by atoms with Gasteiger partial charge in [-0.2, -0.15) is 4.98 Å². The van der Waals surface area contributed by atoms with Gasteiger partial charge in [0, 0.05) is 0 Å². The monoisotopic (exact) mass is 388 g/mol. The average Bonchev–Trinajstić information content (AvgIpc) is 3.00. The van der Waals surface area contributed by atoms with Crippen molar-refractivity contribution in [3.8, 4) is 0 Å². The largest absolute Gasteiger partial charge is 0.264 e. The molecule has 0 aliphatic carbocycles. The van der Waals surface area contributed by atoms with E-state index in [1.54, 1.807) is 36.4 Å². The van der Waals surface area contributed by atoms with Crippen molar-refractivity contribution in [1.82, 2.24) is 14.8 Å². The molecule has 0 fully saturated rings. The molecule has 3 aromatic rings. The Morgan fingerprint density at radius 3 is 2.44 bits per heavy atom. The lowest BCUT2D eigenvalue weighted by Crippen LogP contribution is -2.16. The van der Waals surface area contributed by atoms with E-state index in [0.717, 1.165) is 5.56 Å². The van der Waals surface area contributed by atoms with Crippen LogP contribution in [0.25, 0.3) is 0 Å². The smallest absolute Gasteiger partial charge is 0.246 e. The standard InChI is InChI=1S/C19H21FN4O2S/c1-19(2,3)15-7-9-17(10-8-15)27(25,26)23-18-21-13-24(22-18)12-14-5-4-6-16(20)11-14/h4-11,13H,12H2,1-3H3,(H,22,23). The van der Waals surface area contributed by atoms with Crippen LogP contribution in [0.1, 0.15) is 31.9 Å². The third kappa shape index (κ3) is 4.71. The maximum atomic E-state index is 13.3. The Morgan fingerprint density at radius 1 is 1.11 bits per heavy atom. The fraction of sp³-hybridized carbons (Fsp3) is 0.263. The van der Waals surface area contributed by atoms with Gasteiger partial charge in [0.25, 0.3) is 16.0 Å². The van der Waals surface area contributed by atoms with Crippen LogP contribution in [0.15, 0.2) is 59.8 Å². The zero-order chi connectivity index (χ0) is 19.7. The summed E-state index contributed by atoms with van der Waals surface area (Å²) < 4.78 is 42.1. The van der Waals surface area contributed by atoms with E-state index < -0.39 is 10.0 Å². The molecule has 3 rings (SSSR count). The van der Waals surface area contributed by atoms with Crippen molar-refractivity contribution < 1.29 is 12.8 Å². The molecule has 142 valence electrons. The second-order valence-corrected chi connectivity index (χ2v) is 8.96. The minimum atomic E-state index is -3.79. The highest BCUT2D eigenvalue weighted by molar-refractivity contribution is 7.92. The van der Waals surface area contributed by atoms with Crippen LogP contribution in [-0.4, -0.2) is 23.2 Å². The van der Waals surface area contributed by atoms with E-state index >= 15 is 0 Å². The SMILES string of the molecule is CC(C)(C)c1ccc(S(=O)(=O)Nc2ncn(Cc3cccc(F)c3)n2)cc1. The van der Waals surface area contributed by atoms with E-state index in [2.05, 4.69) is 35.6 Å². The third-order valence-corrected chi connectivity index (χ3v) is 5.37. The van der Waals surface area contributed by atoms with Gasteiger partial charge >= 0.3 is 0 Å². The average molecular weight is 388 g/mol. The molecule has 0 saturated heterocycles. The number of aromatic nitrogens is 3. The molecule has 0 amide bonds. The van der Waals surface area contributed by atoms with Crippen molar-refractivity contribution in [2.24, 2.45) is 0 Å². The summed E-state index contributed by atoms with van der Waals surface area (Å²) in [6.07, 6.45) is 1.39. The quantitative estimate of drug-likeness (QED) is 0.725. The van der Waals surface area contributed by atoms with Crippen molar-refractivity contribution >= 4 is 16.0 Å². The molecule has 0 atom stereocenters. The summed E-state index contributed by atoms with van der Waals surface area (Å²) >= 11 is 0. The lowest BCUT2D eigenvalue weighted by Gasteiger charge is -2.19. The first-order chi connectivity index (χ1) is 12.6. The third-order valence-electron chi connectivity index (χ3n) is 4.03. The summed E-state index contributed by atoms with van der Waals surface area (Å²) in [4.78, 5) is 4.11. The second-order valence-electron chi connectivity index (χ2n) is 7.28. The van der Waals surface area contributed by atoms with Crippen LogP contribution in [0.5, 0.6) is 0 Å².